The Labute approximate surface area is 169 Å². The highest BCUT2D eigenvalue weighted by Crippen LogP contribution is 2.27. The highest BCUT2D eigenvalue weighted by atomic mass is 16.5. The predicted molar refractivity (Wildman–Crippen MR) is 113 cm³/mol. The van der Waals surface area contributed by atoms with E-state index in [1.807, 2.05) is 0 Å². The van der Waals surface area contributed by atoms with Gasteiger partial charge in [0.25, 0.3) is 0 Å². The van der Waals surface area contributed by atoms with E-state index in [4.69, 9.17) is 4.74 Å². The van der Waals surface area contributed by atoms with Crippen LogP contribution in [-0.4, -0.2) is 50.5 Å². The minimum Gasteiger partial charge on any atom is -0.490 e. The predicted octanol–water partition coefficient (Wildman–Crippen LogP) is 0.842. The van der Waals surface area contributed by atoms with E-state index in [1.165, 1.54) is 21.6 Å². The number of benzene rings is 2. The van der Waals surface area contributed by atoms with Crippen LogP contribution in [0.15, 0.2) is 48.5 Å². The molecular formula is C24H36N2O2+2. The van der Waals surface area contributed by atoms with Gasteiger partial charge in [-0.25, -0.2) is 0 Å². The van der Waals surface area contributed by atoms with E-state index in [0.717, 1.165) is 45.0 Å². The summed E-state index contributed by atoms with van der Waals surface area (Å²) in [5.74, 6) is 1.33. The van der Waals surface area contributed by atoms with Crippen LogP contribution in [0.2, 0.25) is 0 Å². The summed E-state index contributed by atoms with van der Waals surface area (Å²) in [6.07, 6.45) is -0.425. The van der Waals surface area contributed by atoms with Gasteiger partial charge in [-0.05, 0) is 30.0 Å². The topological polar surface area (TPSA) is 38.3 Å². The number of nitrogens with one attached hydrogen (secondary N) is 2. The van der Waals surface area contributed by atoms with Crippen molar-refractivity contribution >= 4 is 0 Å². The van der Waals surface area contributed by atoms with Gasteiger partial charge < -0.3 is 19.6 Å². The number of aliphatic hydroxyl groups excluding tert-OH is 1. The summed E-state index contributed by atoms with van der Waals surface area (Å²) in [6.45, 7) is 13.2. The van der Waals surface area contributed by atoms with Crippen LogP contribution in [-0.2, 0) is 6.54 Å². The highest BCUT2D eigenvalue weighted by molar-refractivity contribution is 5.39. The molecule has 4 heteroatoms. The molecule has 1 unspecified atom stereocenters. The van der Waals surface area contributed by atoms with Crippen molar-refractivity contribution in [2.24, 2.45) is 0 Å². The van der Waals surface area contributed by atoms with E-state index in [-0.39, 0.29) is 0 Å². The second kappa shape index (κ2) is 10.1. The lowest BCUT2D eigenvalue weighted by Crippen LogP contribution is -3.28. The number of hydrogen-bond donors (Lipinski definition) is 3. The van der Waals surface area contributed by atoms with Gasteiger partial charge in [0.15, 0.2) is 0 Å². The molecule has 0 amide bonds. The Morgan fingerprint density at radius 3 is 2.32 bits per heavy atom. The second-order valence-electron chi connectivity index (χ2n) is 8.53. The number of aliphatic hydroxyl groups is 1. The Morgan fingerprint density at radius 2 is 1.64 bits per heavy atom. The Morgan fingerprint density at radius 1 is 0.964 bits per heavy atom. The molecular weight excluding hydrogens is 348 g/mol. The van der Waals surface area contributed by atoms with Gasteiger partial charge >= 0.3 is 0 Å². The van der Waals surface area contributed by atoms with Gasteiger partial charge in [0.1, 0.15) is 57.7 Å². The Kier molecular flexibility index (Phi) is 7.49. The van der Waals surface area contributed by atoms with Gasteiger partial charge in [0.2, 0.25) is 0 Å². The van der Waals surface area contributed by atoms with Crippen molar-refractivity contribution in [3.05, 3.63) is 65.2 Å². The van der Waals surface area contributed by atoms with Crippen molar-refractivity contribution in [3.63, 3.8) is 0 Å². The molecule has 1 aliphatic heterocycles. The first-order chi connectivity index (χ1) is 13.5. The number of ether oxygens (including phenoxy) is 1. The van der Waals surface area contributed by atoms with Gasteiger partial charge in [-0.2, -0.15) is 0 Å². The van der Waals surface area contributed by atoms with Crippen LogP contribution >= 0.6 is 0 Å². The minimum absolute atomic E-state index is 0.368. The molecule has 1 aliphatic rings. The van der Waals surface area contributed by atoms with Crippen LogP contribution in [0.3, 0.4) is 0 Å². The summed E-state index contributed by atoms with van der Waals surface area (Å²) < 4.78 is 6.01. The Bertz CT molecular complexity index is 725. The van der Waals surface area contributed by atoms with Crippen molar-refractivity contribution < 1.29 is 19.6 Å². The summed E-state index contributed by atoms with van der Waals surface area (Å²) in [4.78, 5) is 3.13. The third kappa shape index (κ3) is 6.06. The summed E-state index contributed by atoms with van der Waals surface area (Å²) in [6, 6.07) is 17.1. The van der Waals surface area contributed by atoms with E-state index in [2.05, 4.69) is 69.3 Å². The Hall–Kier alpha value is -1.88. The molecule has 28 heavy (non-hydrogen) atoms. The van der Waals surface area contributed by atoms with E-state index < -0.39 is 6.10 Å². The SMILES string of the molecule is Cc1ccc(C(C)C)c(OCC(O)C[NH+]2CC[NH+](Cc3ccccc3)CC2)c1. The van der Waals surface area contributed by atoms with E-state index >= 15 is 0 Å². The zero-order valence-corrected chi connectivity index (χ0v) is 17.6. The molecule has 3 N–H and O–H groups in total. The van der Waals surface area contributed by atoms with Crippen molar-refractivity contribution in [2.45, 2.75) is 39.3 Å². The Balaban J connectivity index is 1.43. The minimum atomic E-state index is -0.425. The first-order valence-corrected chi connectivity index (χ1v) is 10.6. The zero-order valence-electron chi connectivity index (χ0n) is 17.6. The standard InChI is InChI=1S/C24H34N2O2/c1-19(2)23-10-9-20(3)15-24(23)28-18-22(27)17-26-13-11-25(12-14-26)16-21-7-5-4-6-8-21/h4-10,15,19,22,27H,11-14,16-18H2,1-3H3/p+2. The molecule has 0 aromatic heterocycles. The molecule has 0 saturated carbocycles. The second-order valence-corrected chi connectivity index (χ2v) is 8.53. The smallest absolute Gasteiger partial charge is 0.137 e. The average Bonchev–Trinajstić information content (AvgIpc) is 2.68. The highest BCUT2D eigenvalue weighted by Gasteiger charge is 2.25. The third-order valence-corrected chi connectivity index (χ3v) is 5.71. The molecule has 1 saturated heterocycles. The van der Waals surface area contributed by atoms with E-state index in [0.29, 0.717) is 12.5 Å². The molecule has 0 bridgehead atoms. The number of quaternary nitrogens is 2. The summed E-state index contributed by atoms with van der Waals surface area (Å²) >= 11 is 0. The molecule has 0 spiro atoms. The third-order valence-electron chi connectivity index (χ3n) is 5.71. The maximum Gasteiger partial charge on any atom is 0.137 e. The molecule has 3 rings (SSSR count). The van der Waals surface area contributed by atoms with Crippen molar-refractivity contribution in [1.82, 2.24) is 0 Å². The molecule has 4 nitrogen and oxygen atoms in total. The maximum atomic E-state index is 10.5. The van der Waals surface area contributed by atoms with Crippen molar-refractivity contribution in [1.29, 1.82) is 0 Å². The fourth-order valence-electron chi connectivity index (χ4n) is 4.04. The van der Waals surface area contributed by atoms with Crippen LogP contribution in [0.1, 0.15) is 36.5 Å². The normalized spacial score (nSPS) is 20.9. The van der Waals surface area contributed by atoms with Crippen LogP contribution in [0.4, 0.5) is 0 Å². The number of piperazine rings is 1. The lowest BCUT2D eigenvalue weighted by molar-refractivity contribution is -1.02. The molecule has 1 atom stereocenters. The monoisotopic (exact) mass is 384 g/mol. The summed E-state index contributed by atoms with van der Waals surface area (Å²) in [5.41, 5.74) is 3.81. The van der Waals surface area contributed by atoms with Crippen molar-refractivity contribution in [3.8, 4) is 5.75 Å². The quantitative estimate of drug-likeness (QED) is 0.631. The van der Waals surface area contributed by atoms with Gasteiger partial charge in [-0.15, -0.1) is 0 Å². The van der Waals surface area contributed by atoms with Crippen LogP contribution in [0.5, 0.6) is 5.75 Å². The molecule has 1 fully saturated rings. The van der Waals surface area contributed by atoms with E-state index in [1.54, 1.807) is 4.90 Å². The molecule has 2 aromatic rings. The first-order valence-electron chi connectivity index (χ1n) is 10.6. The fourth-order valence-corrected chi connectivity index (χ4v) is 4.04. The van der Waals surface area contributed by atoms with Gasteiger partial charge in [0.05, 0.1) is 0 Å². The molecule has 2 aromatic carbocycles. The zero-order chi connectivity index (χ0) is 19.9. The van der Waals surface area contributed by atoms with Crippen molar-refractivity contribution in [2.75, 3.05) is 39.3 Å². The van der Waals surface area contributed by atoms with E-state index in [9.17, 15) is 5.11 Å². The molecule has 1 heterocycles. The van der Waals surface area contributed by atoms with Gasteiger partial charge in [-0.1, -0.05) is 56.3 Å². The first kappa shape index (κ1) is 20.8. The average molecular weight is 385 g/mol. The lowest BCUT2D eigenvalue weighted by Gasteiger charge is -2.30. The van der Waals surface area contributed by atoms with Crippen LogP contribution in [0.25, 0.3) is 0 Å². The summed E-state index contributed by atoms with van der Waals surface area (Å²) in [5, 5.41) is 10.5. The number of rotatable bonds is 8. The number of aryl methyl sites for hydroxylation is 1. The fraction of sp³-hybridized carbons (Fsp3) is 0.500. The molecule has 0 aliphatic carbocycles. The number of hydrogen-bond acceptors (Lipinski definition) is 2. The largest absolute Gasteiger partial charge is 0.490 e. The molecule has 0 radical (unpaired) electrons. The van der Waals surface area contributed by atoms with Crippen LogP contribution < -0.4 is 14.5 Å². The lowest BCUT2D eigenvalue weighted by atomic mass is 10.0. The maximum absolute atomic E-state index is 10.5. The molecule has 152 valence electrons. The van der Waals surface area contributed by atoms with Gasteiger partial charge in [-0.3, -0.25) is 0 Å². The summed E-state index contributed by atoms with van der Waals surface area (Å²) in [7, 11) is 0. The van der Waals surface area contributed by atoms with Gasteiger partial charge in [0, 0.05) is 5.56 Å². The van der Waals surface area contributed by atoms with Crippen LogP contribution in [0, 0.1) is 6.92 Å².